The molecule has 1 aromatic carbocycles. The van der Waals surface area contributed by atoms with Gasteiger partial charge in [-0.15, -0.1) is 0 Å². The van der Waals surface area contributed by atoms with E-state index in [-0.39, 0.29) is 30.8 Å². The van der Waals surface area contributed by atoms with E-state index >= 15 is 0 Å². The third kappa shape index (κ3) is 2.08. The van der Waals surface area contributed by atoms with Crippen molar-refractivity contribution in [1.82, 2.24) is 4.90 Å². The molecule has 0 aromatic heterocycles. The Morgan fingerprint density at radius 3 is 2.75 bits per heavy atom. The molecule has 1 aromatic rings. The second-order valence-corrected chi connectivity index (χ2v) is 6.40. The molecule has 1 saturated heterocycles. The summed E-state index contributed by atoms with van der Waals surface area (Å²) in [6.45, 7) is 5.42. The fourth-order valence-corrected chi connectivity index (χ4v) is 3.66. The third-order valence-corrected chi connectivity index (χ3v) is 4.97. The van der Waals surface area contributed by atoms with Gasteiger partial charge in [0.05, 0.1) is 12.6 Å². The number of carbonyl (C=O) groups is 1. The summed E-state index contributed by atoms with van der Waals surface area (Å²) in [6, 6.07) is 9.56. The highest BCUT2D eigenvalue weighted by atomic mass is 16.6. The zero-order valence-corrected chi connectivity index (χ0v) is 12.0. The largest absolute Gasteiger partial charge is 0.445 e. The number of aliphatic hydroxyl groups excluding tert-OH is 1. The Labute approximate surface area is 119 Å². The van der Waals surface area contributed by atoms with Crippen LogP contribution in [-0.4, -0.2) is 35.3 Å². The predicted molar refractivity (Wildman–Crippen MR) is 75.0 cm³/mol. The Hall–Kier alpha value is -1.55. The number of aliphatic hydroxyl groups is 1. The first-order chi connectivity index (χ1) is 9.55. The van der Waals surface area contributed by atoms with Crippen LogP contribution >= 0.6 is 0 Å². The molecule has 0 unspecified atom stereocenters. The van der Waals surface area contributed by atoms with Crippen LogP contribution in [0, 0.1) is 17.3 Å². The normalized spacial score (nSPS) is 29.9. The van der Waals surface area contributed by atoms with Gasteiger partial charge in [-0.3, -0.25) is 0 Å². The van der Waals surface area contributed by atoms with Crippen molar-refractivity contribution >= 4 is 6.09 Å². The highest BCUT2D eigenvalue weighted by Gasteiger charge is 2.67. The average molecular weight is 275 g/mol. The first-order valence-electron chi connectivity index (χ1n) is 7.14. The standard InChI is InChI=1S/C16H21NO3/c1-16(2)12-8-17(13(9-18)14(12)16)15(19)20-10-11-6-4-3-5-7-11/h3-7,12-14,18H,8-10H2,1-2H3/t12-,13+,14-/m0/s1. The minimum absolute atomic E-state index is 0.0189. The number of hydrogen-bond donors (Lipinski definition) is 1. The second kappa shape index (κ2) is 4.77. The number of benzene rings is 1. The van der Waals surface area contributed by atoms with E-state index in [9.17, 15) is 9.90 Å². The third-order valence-electron chi connectivity index (χ3n) is 4.97. The van der Waals surface area contributed by atoms with E-state index in [0.29, 0.717) is 18.4 Å². The summed E-state index contributed by atoms with van der Waals surface area (Å²) in [7, 11) is 0. The van der Waals surface area contributed by atoms with Crippen LogP contribution in [-0.2, 0) is 11.3 Å². The Morgan fingerprint density at radius 2 is 2.10 bits per heavy atom. The predicted octanol–water partition coefficient (Wildman–Crippen LogP) is 2.27. The molecule has 2 fully saturated rings. The van der Waals surface area contributed by atoms with Crippen LogP contribution in [0.2, 0.25) is 0 Å². The van der Waals surface area contributed by atoms with Gasteiger partial charge in [0.1, 0.15) is 6.61 Å². The minimum Gasteiger partial charge on any atom is -0.445 e. The number of piperidine rings is 1. The lowest BCUT2D eigenvalue weighted by Crippen LogP contribution is -2.43. The van der Waals surface area contributed by atoms with Crippen LogP contribution in [0.3, 0.4) is 0 Å². The quantitative estimate of drug-likeness (QED) is 0.920. The molecule has 20 heavy (non-hydrogen) atoms. The van der Waals surface area contributed by atoms with E-state index < -0.39 is 0 Å². The van der Waals surface area contributed by atoms with Crippen LogP contribution in [0.25, 0.3) is 0 Å². The lowest BCUT2D eigenvalue weighted by atomic mass is 10.0. The molecule has 1 aliphatic heterocycles. The molecule has 0 spiro atoms. The first-order valence-corrected chi connectivity index (χ1v) is 7.14. The molecule has 4 nitrogen and oxygen atoms in total. The smallest absolute Gasteiger partial charge is 0.410 e. The monoisotopic (exact) mass is 275 g/mol. The minimum atomic E-state index is -0.309. The zero-order chi connectivity index (χ0) is 14.3. The molecule has 3 atom stereocenters. The van der Waals surface area contributed by atoms with Gasteiger partial charge in [-0.05, 0) is 22.8 Å². The van der Waals surface area contributed by atoms with E-state index in [1.807, 2.05) is 30.3 Å². The highest BCUT2D eigenvalue weighted by Crippen LogP contribution is 2.64. The van der Waals surface area contributed by atoms with E-state index in [4.69, 9.17) is 4.74 Å². The van der Waals surface area contributed by atoms with Gasteiger partial charge in [0.25, 0.3) is 0 Å². The molecular formula is C16H21NO3. The van der Waals surface area contributed by atoms with Crippen molar-refractivity contribution in [2.24, 2.45) is 17.3 Å². The van der Waals surface area contributed by atoms with Gasteiger partial charge in [-0.1, -0.05) is 44.2 Å². The molecule has 1 saturated carbocycles. The lowest BCUT2D eigenvalue weighted by molar-refractivity contribution is 0.0632. The van der Waals surface area contributed by atoms with Crippen LogP contribution < -0.4 is 0 Å². The van der Waals surface area contributed by atoms with Crippen molar-refractivity contribution in [3.8, 4) is 0 Å². The number of nitrogens with zero attached hydrogens (tertiary/aromatic N) is 1. The maximum Gasteiger partial charge on any atom is 0.410 e. The van der Waals surface area contributed by atoms with Crippen molar-refractivity contribution in [3.63, 3.8) is 0 Å². The van der Waals surface area contributed by atoms with Crippen LogP contribution in [0.5, 0.6) is 0 Å². The van der Waals surface area contributed by atoms with E-state index in [0.717, 1.165) is 5.56 Å². The van der Waals surface area contributed by atoms with E-state index in [1.165, 1.54) is 0 Å². The van der Waals surface area contributed by atoms with Crippen molar-refractivity contribution < 1.29 is 14.6 Å². The topological polar surface area (TPSA) is 49.8 Å². The summed E-state index contributed by atoms with van der Waals surface area (Å²) in [5.74, 6) is 0.917. The molecule has 1 amide bonds. The lowest BCUT2D eigenvalue weighted by Gasteiger charge is -2.28. The molecule has 1 N–H and O–H groups in total. The van der Waals surface area contributed by atoms with E-state index in [2.05, 4.69) is 13.8 Å². The van der Waals surface area contributed by atoms with E-state index in [1.54, 1.807) is 4.90 Å². The molecule has 4 heteroatoms. The number of rotatable bonds is 3. The molecule has 1 aliphatic carbocycles. The Morgan fingerprint density at radius 1 is 1.40 bits per heavy atom. The van der Waals surface area contributed by atoms with Gasteiger partial charge < -0.3 is 14.7 Å². The summed E-state index contributed by atoms with van der Waals surface area (Å²) < 4.78 is 5.36. The molecule has 1 heterocycles. The summed E-state index contributed by atoms with van der Waals surface area (Å²) in [5.41, 5.74) is 1.23. The summed E-state index contributed by atoms with van der Waals surface area (Å²) in [4.78, 5) is 13.9. The maximum absolute atomic E-state index is 12.2. The molecule has 2 aliphatic rings. The summed E-state index contributed by atoms with van der Waals surface area (Å²) in [5, 5.41) is 9.55. The van der Waals surface area contributed by atoms with Gasteiger partial charge in [0.2, 0.25) is 0 Å². The number of ether oxygens (including phenoxy) is 1. The fourth-order valence-electron chi connectivity index (χ4n) is 3.66. The first kappa shape index (κ1) is 13.4. The molecular weight excluding hydrogens is 254 g/mol. The average Bonchev–Trinajstić information content (AvgIpc) is 2.84. The Bertz CT molecular complexity index is 500. The van der Waals surface area contributed by atoms with Crippen molar-refractivity contribution in [2.75, 3.05) is 13.2 Å². The second-order valence-electron chi connectivity index (χ2n) is 6.40. The van der Waals surface area contributed by atoms with Gasteiger partial charge >= 0.3 is 6.09 Å². The molecule has 0 radical (unpaired) electrons. The Balaban J connectivity index is 1.59. The van der Waals surface area contributed by atoms with Crippen LogP contribution in [0.4, 0.5) is 4.79 Å². The van der Waals surface area contributed by atoms with Crippen molar-refractivity contribution in [1.29, 1.82) is 0 Å². The van der Waals surface area contributed by atoms with Gasteiger partial charge in [-0.2, -0.15) is 0 Å². The van der Waals surface area contributed by atoms with Crippen molar-refractivity contribution in [3.05, 3.63) is 35.9 Å². The zero-order valence-electron chi connectivity index (χ0n) is 12.0. The highest BCUT2D eigenvalue weighted by molar-refractivity contribution is 5.69. The van der Waals surface area contributed by atoms with Gasteiger partial charge in [-0.25, -0.2) is 4.79 Å². The van der Waals surface area contributed by atoms with Gasteiger partial charge in [0, 0.05) is 6.54 Å². The van der Waals surface area contributed by atoms with Gasteiger partial charge in [0.15, 0.2) is 0 Å². The maximum atomic E-state index is 12.2. The molecule has 108 valence electrons. The number of fused-ring (bicyclic) bond motifs is 1. The van der Waals surface area contributed by atoms with Crippen molar-refractivity contribution in [2.45, 2.75) is 26.5 Å². The molecule has 0 bridgehead atoms. The molecule has 3 rings (SSSR count). The number of hydrogen-bond acceptors (Lipinski definition) is 3. The summed E-state index contributed by atoms with van der Waals surface area (Å²) >= 11 is 0. The SMILES string of the molecule is CC1(C)[C@@H]2[C@@H](CO)N(C(=O)OCc3ccccc3)C[C@@H]21. The number of amides is 1. The number of carbonyl (C=O) groups excluding carboxylic acids is 1. The number of likely N-dealkylation sites (tertiary alicyclic amines) is 1. The summed E-state index contributed by atoms with van der Waals surface area (Å²) in [6.07, 6.45) is -0.309. The van der Waals surface area contributed by atoms with Crippen LogP contribution in [0.1, 0.15) is 19.4 Å². The fraction of sp³-hybridized carbons (Fsp3) is 0.562. The Kier molecular flexibility index (Phi) is 3.21. The van der Waals surface area contributed by atoms with Crippen LogP contribution in [0.15, 0.2) is 30.3 Å².